The van der Waals surface area contributed by atoms with Crippen LogP contribution in [-0.4, -0.2) is 0 Å². The van der Waals surface area contributed by atoms with E-state index in [0.717, 1.165) is 23.3 Å². The van der Waals surface area contributed by atoms with Gasteiger partial charge in [-0.1, -0.05) is 31.2 Å². The first-order valence-electron chi connectivity index (χ1n) is 5.60. The van der Waals surface area contributed by atoms with E-state index in [1.807, 2.05) is 13.0 Å². The number of hydrogen-bond acceptors (Lipinski definition) is 2. The summed E-state index contributed by atoms with van der Waals surface area (Å²) in [6, 6.07) is 10.2. The zero-order valence-corrected chi connectivity index (χ0v) is 9.73. The van der Waals surface area contributed by atoms with E-state index in [1.54, 1.807) is 6.26 Å². The molecule has 2 rings (SSSR count). The lowest BCUT2D eigenvalue weighted by Crippen LogP contribution is -2.11. The quantitative estimate of drug-likeness (QED) is 0.854. The van der Waals surface area contributed by atoms with Crippen molar-refractivity contribution in [2.45, 2.75) is 26.3 Å². The third-order valence-corrected chi connectivity index (χ3v) is 2.93. The Hall–Kier alpha value is -1.54. The summed E-state index contributed by atoms with van der Waals surface area (Å²) < 4.78 is 5.41. The summed E-state index contributed by atoms with van der Waals surface area (Å²) in [7, 11) is 0. The van der Waals surface area contributed by atoms with Gasteiger partial charge in [-0.3, -0.25) is 0 Å². The van der Waals surface area contributed by atoms with Crippen molar-refractivity contribution in [1.82, 2.24) is 0 Å². The van der Waals surface area contributed by atoms with Gasteiger partial charge >= 0.3 is 0 Å². The van der Waals surface area contributed by atoms with Crippen LogP contribution in [0.5, 0.6) is 0 Å². The van der Waals surface area contributed by atoms with Gasteiger partial charge in [0.15, 0.2) is 0 Å². The highest BCUT2D eigenvalue weighted by Crippen LogP contribution is 2.23. The van der Waals surface area contributed by atoms with E-state index in [4.69, 9.17) is 10.2 Å². The van der Waals surface area contributed by atoms with Crippen molar-refractivity contribution in [1.29, 1.82) is 0 Å². The molecule has 84 valence electrons. The fraction of sp³-hybridized carbons (Fsp3) is 0.286. The molecule has 2 nitrogen and oxygen atoms in total. The maximum absolute atomic E-state index is 6.16. The van der Waals surface area contributed by atoms with Gasteiger partial charge in [-0.25, -0.2) is 0 Å². The minimum absolute atomic E-state index is 0.166. The highest BCUT2D eigenvalue weighted by Gasteiger charge is 2.14. The molecule has 2 N–H and O–H groups in total. The van der Waals surface area contributed by atoms with Crippen molar-refractivity contribution in [2.75, 3.05) is 0 Å². The summed E-state index contributed by atoms with van der Waals surface area (Å²) in [5.41, 5.74) is 9.68. The van der Waals surface area contributed by atoms with Gasteiger partial charge in [0.2, 0.25) is 0 Å². The summed E-state index contributed by atoms with van der Waals surface area (Å²) in [5, 5.41) is 0. The van der Waals surface area contributed by atoms with Crippen molar-refractivity contribution in [3.05, 3.63) is 59.0 Å². The SMILES string of the molecule is CCc1ccc(C(N)c2occc2C)cc1. The Labute approximate surface area is 96.1 Å². The summed E-state index contributed by atoms with van der Waals surface area (Å²) in [6.45, 7) is 4.16. The summed E-state index contributed by atoms with van der Waals surface area (Å²) in [4.78, 5) is 0. The van der Waals surface area contributed by atoms with Crippen LogP contribution in [0.2, 0.25) is 0 Å². The predicted molar refractivity (Wildman–Crippen MR) is 65.3 cm³/mol. The van der Waals surface area contributed by atoms with Gasteiger partial charge in [0.1, 0.15) is 5.76 Å². The van der Waals surface area contributed by atoms with Crippen LogP contribution in [0.15, 0.2) is 41.0 Å². The highest BCUT2D eigenvalue weighted by atomic mass is 16.3. The molecule has 0 spiro atoms. The van der Waals surface area contributed by atoms with Crippen molar-refractivity contribution < 1.29 is 4.42 Å². The fourth-order valence-corrected chi connectivity index (χ4v) is 1.82. The molecule has 1 aromatic heterocycles. The normalized spacial score (nSPS) is 12.7. The predicted octanol–water partition coefficient (Wildman–Crippen LogP) is 3.20. The molecule has 16 heavy (non-hydrogen) atoms. The van der Waals surface area contributed by atoms with Crippen LogP contribution in [0.4, 0.5) is 0 Å². The van der Waals surface area contributed by atoms with E-state index in [9.17, 15) is 0 Å². The van der Waals surface area contributed by atoms with Gasteiger partial charge in [0.05, 0.1) is 12.3 Å². The Morgan fingerprint density at radius 2 is 1.88 bits per heavy atom. The van der Waals surface area contributed by atoms with Gasteiger partial charge in [-0.2, -0.15) is 0 Å². The first kappa shape index (κ1) is 11.0. The van der Waals surface area contributed by atoms with Crippen LogP contribution in [-0.2, 0) is 6.42 Å². The van der Waals surface area contributed by atoms with Gasteiger partial charge in [0, 0.05) is 0 Å². The third kappa shape index (κ3) is 2.02. The Morgan fingerprint density at radius 1 is 1.19 bits per heavy atom. The molecule has 0 bridgehead atoms. The van der Waals surface area contributed by atoms with Crippen molar-refractivity contribution in [3.8, 4) is 0 Å². The van der Waals surface area contributed by atoms with E-state index < -0.39 is 0 Å². The number of hydrogen-bond donors (Lipinski definition) is 1. The van der Waals surface area contributed by atoms with E-state index in [0.29, 0.717) is 0 Å². The highest BCUT2D eigenvalue weighted by molar-refractivity contribution is 5.32. The number of nitrogens with two attached hydrogens (primary N) is 1. The molecule has 0 aliphatic heterocycles. The first-order valence-corrected chi connectivity index (χ1v) is 5.60. The molecule has 0 saturated carbocycles. The minimum Gasteiger partial charge on any atom is -0.467 e. The summed E-state index contributed by atoms with van der Waals surface area (Å²) in [5.74, 6) is 0.851. The van der Waals surface area contributed by atoms with Crippen molar-refractivity contribution in [3.63, 3.8) is 0 Å². The summed E-state index contributed by atoms with van der Waals surface area (Å²) >= 11 is 0. The molecule has 1 atom stereocenters. The van der Waals surface area contributed by atoms with E-state index in [-0.39, 0.29) is 6.04 Å². The van der Waals surface area contributed by atoms with Gasteiger partial charge in [-0.15, -0.1) is 0 Å². The summed E-state index contributed by atoms with van der Waals surface area (Å²) in [6.07, 6.45) is 2.74. The Kier molecular flexibility index (Phi) is 3.11. The average Bonchev–Trinajstić information content (AvgIpc) is 2.75. The molecule has 0 saturated heterocycles. The standard InChI is InChI=1S/C14H17NO/c1-3-11-4-6-12(7-5-11)13(15)14-10(2)8-9-16-14/h4-9,13H,3,15H2,1-2H3. The Balaban J connectivity index is 2.27. The topological polar surface area (TPSA) is 39.2 Å². The molecule has 0 aliphatic carbocycles. The molecular formula is C14H17NO. The minimum atomic E-state index is -0.166. The van der Waals surface area contributed by atoms with E-state index in [2.05, 4.69) is 31.2 Å². The van der Waals surface area contributed by atoms with Crippen molar-refractivity contribution in [2.24, 2.45) is 5.73 Å². The maximum Gasteiger partial charge on any atom is 0.127 e. The van der Waals surface area contributed by atoms with Crippen LogP contribution >= 0.6 is 0 Å². The smallest absolute Gasteiger partial charge is 0.127 e. The molecule has 0 fully saturated rings. The Bertz CT molecular complexity index is 456. The number of furan rings is 1. The monoisotopic (exact) mass is 215 g/mol. The number of aryl methyl sites for hydroxylation is 2. The number of rotatable bonds is 3. The Morgan fingerprint density at radius 3 is 2.38 bits per heavy atom. The average molecular weight is 215 g/mol. The van der Waals surface area contributed by atoms with Gasteiger partial charge in [0.25, 0.3) is 0 Å². The van der Waals surface area contributed by atoms with E-state index in [1.165, 1.54) is 5.56 Å². The second-order valence-corrected chi connectivity index (χ2v) is 4.04. The first-order chi connectivity index (χ1) is 7.72. The van der Waals surface area contributed by atoms with Crippen LogP contribution in [0.25, 0.3) is 0 Å². The van der Waals surface area contributed by atoms with Crippen LogP contribution in [0, 0.1) is 6.92 Å². The second-order valence-electron chi connectivity index (χ2n) is 4.04. The molecule has 0 amide bonds. The largest absolute Gasteiger partial charge is 0.467 e. The zero-order chi connectivity index (χ0) is 11.5. The molecule has 1 heterocycles. The fourth-order valence-electron chi connectivity index (χ4n) is 1.82. The van der Waals surface area contributed by atoms with Gasteiger partial charge in [-0.05, 0) is 36.1 Å². The van der Waals surface area contributed by atoms with Crippen molar-refractivity contribution >= 4 is 0 Å². The van der Waals surface area contributed by atoms with Crippen LogP contribution in [0.3, 0.4) is 0 Å². The molecule has 1 aromatic carbocycles. The molecule has 0 radical (unpaired) electrons. The van der Waals surface area contributed by atoms with Gasteiger partial charge < -0.3 is 10.2 Å². The molecule has 1 unspecified atom stereocenters. The van der Waals surface area contributed by atoms with E-state index >= 15 is 0 Å². The third-order valence-electron chi connectivity index (χ3n) is 2.93. The molecule has 2 heteroatoms. The lowest BCUT2D eigenvalue weighted by molar-refractivity contribution is 0.487. The van der Waals surface area contributed by atoms with Crippen LogP contribution in [0.1, 0.15) is 35.4 Å². The maximum atomic E-state index is 6.16. The lowest BCUT2D eigenvalue weighted by atomic mass is 10.0. The zero-order valence-electron chi connectivity index (χ0n) is 9.73. The number of benzene rings is 1. The molecule has 0 aliphatic rings. The van der Waals surface area contributed by atoms with Crippen LogP contribution < -0.4 is 5.73 Å². The second kappa shape index (κ2) is 4.54. The molecular weight excluding hydrogens is 198 g/mol. The molecule has 2 aromatic rings. The lowest BCUT2D eigenvalue weighted by Gasteiger charge is -2.11.